The van der Waals surface area contributed by atoms with Gasteiger partial charge in [-0.3, -0.25) is 0 Å². The predicted octanol–water partition coefficient (Wildman–Crippen LogP) is -0.324. The summed E-state index contributed by atoms with van der Waals surface area (Å²) in [5.41, 5.74) is 0. The molecule has 0 aliphatic rings. The highest BCUT2D eigenvalue weighted by Crippen LogP contribution is 1.90. The third-order valence-corrected chi connectivity index (χ3v) is 2.85. The van der Waals surface area contributed by atoms with Crippen molar-refractivity contribution in [1.82, 2.24) is 14.8 Å². The van der Waals surface area contributed by atoms with Crippen LogP contribution < -0.4 is 14.8 Å². The molecule has 0 radical (unpaired) electrons. The molecule has 0 aromatic carbocycles. The van der Waals surface area contributed by atoms with Crippen LogP contribution in [0, 0.1) is 5.92 Å². The fourth-order valence-electron chi connectivity index (χ4n) is 0.960. The van der Waals surface area contributed by atoms with Crippen LogP contribution in [0.2, 0.25) is 0 Å². The zero-order chi connectivity index (χ0) is 11.0. The van der Waals surface area contributed by atoms with Crippen LogP contribution in [-0.4, -0.2) is 35.1 Å². The summed E-state index contributed by atoms with van der Waals surface area (Å²) in [4.78, 5) is 0. The van der Waals surface area contributed by atoms with Crippen LogP contribution in [0.4, 0.5) is 0 Å². The molecule has 6 heteroatoms. The Morgan fingerprint density at radius 3 is 2.36 bits per heavy atom. The molecule has 5 nitrogen and oxygen atoms in total. The Morgan fingerprint density at radius 2 is 1.86 bits per heavy atom. The lowest BCUT2D eigenvalue weighted by atomic mass is 10.2. The summed E-state index contributed by atoms with van der Waals surface area (Å²) in [5.74, 6) is 0.290. The first-order valence-corrected chi connectivity index (χ1v) is 6.39. The SMILES string of the molecule is CCCNS(=O)(=O)NCC(C)CNC. The summed E-state index contributed by atoms with van der Waals surface area (Å²) < 4.78 is 27.5. The number of nitrogens with one attached hydrogen (secondary N) is 3. The van der Waals surface area contributed by atoms with Crippen molar-refractivity contribution in [2.75, 3.05) is 26.7 Å². The lowest BCUT2D eigenvalue weighted by Gasteiger charge is -2.12. The molecule has 0 spiro atoms. The maximum Gasteiger partial charge on any atom is 0.276 e. The Balaban J connectivity index is 3.75. The van der Waals surface area contributed by atoms with Crippen molar-refractivity contribution in [1.29, 1.82) is 0 Å². The molecule has 0 rings (SSSR count). The zero-order valence-corrected chi connectivity index (χ0v) is 9.95. The molecule has 0 amide bonds. The van der Waals surface area contributed by atoms with Crippen LogP contribution in [0.25, 0.3) is 0 Å². The fourth-order valence-corrected chi connectivity index (χ4v) is 2.04. The third-order valence-electron chi connectivity index (χ3n) is 1.72. The third kappa shape index (κ3) is 7.25. The van der Waals surface area contributed by atoms with E-state index >= 15 is 0 Å². The van der Waals surface area contributed by atoms with Gasteiger partial charge in [0.25, 0.3) is 10.2 Å². The van der Waals surface area contributed by atoms with Crippen molar-refractivity contribution in [3.05, 3.63) is 0 Å². The molecular weight excluding hydrogens is 202 g/mol. The van der Waals surface area contributed by atoms with E-state index in [1.54, 1.807) is 0 Å². The summed E-state index contributed by atoms with van der Waals surface area (Å²) in [6.45, 7) is 5.65. The molecule has 0 aliphatic heterocycles. The van der Waals surface area contributed by atoms with Gasteiger partial charge in [-0.25, -0.2) is 9.44 Å². The second-order valence-electron chi connectivity index (χ2n) is 3.41. The normalized spacial score (nSPS) is 14.2. The number of hydrogen-bond acceptors (Lipinski definition) is 3. The van der Waals surface area contributed by atoms with Crippen LogP contribution in [0.5, 0.6) is 0 Å². The van der Waals surface area contributed by atoms with E-state index in [9.17, 15) is 8.42 Å². The van der Waals surface area contributed by atoms with Gasteiger partial charge in [-0.15, -0.1) is 0 Å². The molecule has 0 heterocycles. The average Bonchev–Trinajstić information content (AvgIpc) is 2.13. The summed E-state index contributed by atoms with van der Waals surface area (Å²) >= 11 is 0. The molecule has 3 N–H and O–H groups in total. The first-order valence-electron chi connectivity index (χ1n) is 4.90. The lowest BCUT2D eigenvalue weighted by molar-refractivity contribution is 0.513. The molecule has 86 valence electrons. The largest absolute Gasteiger partial charge is 0.319 e. The molecule has 0 bridgehead atoms. The van der Waals surface area contributed by atoms with Crippen molar-refractivity contribution in [2.24, 2.45) is 5.92 Å². The van der Waals surface area contributed by atoms with Crippen LogP contribution in [0.3, 0.4) is 0 Å². The summed E-state index contributed by atoms with van der Waals surface area (Å²) in [5, 5.41) is 2.99. The molecule has 0 aliphatic carbocycles. The van der Waals surface area contributed by atoms with E-state index in [0.717, 1.165) is 13.0 Å². The Morgan fingerprint density at radius 1 is 1.21 bits per heavy atom. The molecule has 1 unspecified atom stereocenters. The maximum atomic E-state index is 11.3. The van der Waals surface area contributed by atoms with Crippen molar-refractivity contribution in [3.63, 3.8) is 0 Å². The van der Waals surface area contributed by atoms with E-state index in [1.807, 2.05) is 20.9 Å². The van der Waals surface area contributed by atoms with Gasteiger partial charge in [0.15, 0.2) is 0 Å². The van der Waals surface area contributed by atoms with E-state index in [0.29, 0.717) is 19.0 Å². The Bertz CT molecular complexity index is 229. The minimum Gasteiger partial charge on any atom is -0.319 e. The molecule has 0 saturated carbocycles. The Kier molecular flexibility index (Phi) is 7.08. The molecule has 1 atom stereocenters. The van der Waals surface area contributed by atoms with Crippen molar-refractivity contribution in [3.8, 4) is 0 Å². The van der Waals surface area contributed by atoms with E-state index < -0.39 is 10.2 Å². The standard InChI is InChI=1S/C8H21N3O2S/c1-4-5-10-14(12,13)11-7-8(2)6-9-3/h8-11H,4-7H2,1-3H3. The Labute approximate surface area is 86.8 Å². The highest BCUT2D eigenvalue weighted by molar-refractivity contribution is 7.87. The molecule has 0 fully saturated rings. The monoisotopic (exact) mass is 223 g/mol. The van der Waals surface area contributed by atoms with Crippen molar-refractivity contribution >= 4 is 10.2 Å². The molecular formula is C8H21N3O2S. The quantitative estimate of drug-likeness (QED) is 0.528. The van der Waals surface area contributed by atoms with E-state index in [1.165, 1.54) is 0 Å². The van der Waals surface area contributed by atoms with Gasteiger partial charge in [0, 0.05) is 13.1 Å². The van der Waals surface area contributed by atoms with Gasteiger partial charge in [-0.2, -0.15) is 8.42 Å². The summed E-state index contributed by atoms with van der Waals surface area (Å²) in [6, 6.07) is 0. The highest BCUT2D eigenvalue weighted by atomic mass is 32.2. The second-order valence-corrected chi connectivity index (χ2v) is 4.99. The first kappa shape index (κ1) is 13.8. The smallest absolute Gasteiger partial charge is 0.276 e. The minimum atomic E-state index is -3.28. The van der Waals surface area contributed by atoms with Gasteiger partial charge in [0.1, 0.15) is 0 Å². The van der Waals surface area contributed by atoms with Gasteiger partial charge < -0.3 is 5.32 Å². The van der Waals surface area contributed by atoms with E-state index in [4.69, 9.17) is 0 Å². The van der Waals surface area contributed by atoms with Crippen molar-refractivity contribution in [2.45, 2.75) is 20.3 Å². The van der Waals surface area contributed by atoms with Gasteiger partial charge >= 0.3 is 0 Å². The average molecular weight is 223 g/mol. The molecule has 0 aromatic heterocycles. The van der Waals surface area contributed by atoms with Crippen molar-refractivity contribution < 1.29 is 8.42 Å². The fraction of sp³-hybridized carbons (Fsp3) is 1.00. The Hall–Kier alpha value is -0.170. The molecule has 0 aromatic rings. The summed E-state index contributed by atoms with van der Waals surface area (Å²) in [7, 11) is -1.44. The molecule has 0 saturated heterocycles. The van der Waals surface area contributed by atoms with Gasteiger partial charge in [0.05, 0.1) is 0 Å². The maximum absolute atomic E-state index is 11.3. The van der Waals surface area contributed by atoms with Crippen LogP contribution in [-0.2, 0) is 10.2 Å². The van der Waals surface area contributed by atoms with Crippen LogP contribution in [0.15, 0.2) is 0 Å². The van der Waals surface area contributed by atoms with Crippen LogP contribution >= 0.6 is 0 Å². The van der Waals surface area contributed by atoms with Gasteiger partial charge in [-0.1, -0.05) is 13.8 Å². The topological polar surface area (TPSA) is 70.2 Å². The molecule has 14 heavy (non-hydrogen) atoms. The zero-order valence-electron chi connectivity index (χ0n) is 9.13. The highest BCUT2D eigenvalue weighted by Gasteiger charge is 2.09. The second kappa shape index (κ2) is 7.17. The number of rotatable bonds is 8. The van der Waals surface area contributed by atoms with Crippen LogP contribution in [0.1, 0.15) is 20.3 Å². The minimum absolute atomic E-state index is 0.290. The first-order chi connectivity index (χ1) is 6.52. The van der Waals surface area contributed by atoms with E-state index in [-0.39, 0.29) is 0 Å². The van der Waals surface area contributed by atoms with Gasteiger partial charge in [-0.05, 0) is 25.9 Å². The van der Waals surface area contributed by atoms with Gasteiger partial charge in [0.2, 0.25) is 0 Å². The lowest BCUT2D eigenvalue weighted by Crippen LogP contribution is -2.40. The van der Waals surface area contributed by atoms with E-state index in [2.05, 4.69) is 14.8 Å². The predicted molar refractivity (Wildman–Crippen MR) is 58.3 cm³/mol. The summed E-state index contributed by atoms with van der Waals surface area (Å²) in [6.07, 6.45) is 0.799. The number of hydrogen-bond donors (Lipinski definition) is 3.